The Labute approximate surface area is 181 Å². The fraction of sp³-hybridized carbons (Fsp3) is 0.524. The number of aryl methyl sites for hydroxylation is 2. The third kappa shape index (κ3) is 5.10. The van der Waals surface area contributed by atoms with E-state index >= 15 is 0 Å². The van der Waals surface area contributed by atoms with Crippen molar-refractivity contribution in [1.82, 2.24) is 4.98 Å². The van der Waals surface area contributed by atoms with E-state index in [4.69, 9.17) is 8.22 Å². The van der Waals surface area contributed by atoms with E-state index in [0.29, 0.717) is 21.9 Å². The lowest BCUT2D eigenvalue weighted by Gasteiger charge is -2.29. The van der Waals surface area contributed by atoms with Gasteiger partial charge in [0.05, 0.1) is 12.2 Å². The number of halogens is 3. The first-order chi connectivity index (χ1) is 15.8. The first-order valence-electron chi connectivity index (χ1n) is 12.1. The third-order valence-electron chi connectivity index (χ3n) is 4.42. The van der Waals surface area contributed by atoms with E-state index in [2.05, 4.69) is 10.3 Å². The molecule has 8 heteroatoms. The van der Waals surface area contributed by atoms with Crippen molar-refractivity contribution in [3.63, 3.8) is 0 Å². The number of hydrogen-bond donors (Lipinski definition) is 1. The smallest absolute Gasteiger partial charge is 0.366 e. The number of rotatable bonds is 3. The molecule has 158 valence electrons. The van der Waals surface area contributed by atoms with Gasteiger partial charge in [-0.1, -0.05) is 20.8 Å². The lowest BCUT2D eigenvalue weighted by Crippen LogP contribution is -2.30. The minimum Gasteiger partial charge on any atom is -0.366 e. The van der Waals surface area contributed by atoms with Crippen LogP contribution in [-0.4, -0.2) is 17.4 Å². The number of nitrogens with one attached hydrogen (secondary N) is 1. The number of carbonyl (C=O) groups is 1. The van der Waals surface area contributed by atoms with E-state index in [0.717, 1.165) is 0 Å². The van der Waals surface area contributed by atoms with Crippen LogP contribution in [0.25, 0.3) is 0 Å². The van der Waals surface area contributed by atoms with E-state index in [-0.39, 0.29) is 48.4 Å². The van der Waals surface area contributed by atoms with Crippen molar-refractivity contribution in [3.05, 3.63) is 38.8 Å². The summed E-state index contributed by atoms with van der Waals surface area (Å²) in [4.78, 5) is 18.3. The van der Waals surface area contributed by atoms with Crippen LogP contribution in [0.2, 0.25) is 0 Å². The van der Waals surface area contributed by atoms with Crippen molar-refractivity contribution in [2.45, 2.75) is 60.0 Å². The summed E-state index contributed by atoms with van der Waals surface area (Å²) in [6.07, 6.45) is -4.34. The van der Waals surface area contributed by atoms with Crippen molar-refractivity contribution < 1.29 is 26.2 Å². The van der Waals surface area contributed by atoms with Gasteiger partial charge in [0, 0.05) is 43.9 Å². The maximum Gasteiger partial charge on any atom is 0.443 e. The number of amides is 1. The molecule has 1 aromatic carbocycles. The van der Waals surface area contributed by atoms with Crippen molar-refractivity contribution in [1.29, 1.82) is 0 Å². The highest BCUT2D eigenvalue weighted by molar-refractivity contribution is 7.11. The molecule has 0 spiro atoms. The Morgan fingerprint density at radius 2 is 1.93 bits per heavy atom. The van der Waals surface area contributed by atoms with E-state index in [9.17, 15) is 18.0 Å². The van der Waals surface area contributed by atoms with Crippen LogP contribution >= 0.6 is 11.3 Å². The molecule has 29 heavy (non-hydrogen) atoms. The Hall–Kier alpha value is -2.09. The molecule has 4 nitrogen and oxygen atoms in total. The molecule has 0 saturated heterocycles. The molecule has 0 aliphatic carbocycles. The van der Waals surface area contributed by atoms with Crippen LogP contribution in [0.1, 0.15) is 62.1 Å². The molecule has 1 aliphatic heterocycles. The molecule has 1 aliphatic rings. The van der Waals surface area contributed by atoms with Crippen LogP contribution in [0.3, 0.4) is 0 Å². The Bertz CT molecular complexity index is 1080. The van der Waals surface area contributed by atoms with Crippen molar-refractivity contribution in [2.24, 2.45) is 5.41 Å². The van der Waals surface area contributed by atoms with Crippen molar-refractivity contribution in [2.75, 3.05) is 16.8 Å². The molecule has 0 radical (unpaired) electrons. The number of hydrogen-bond acceptors (Lipinski definition) is 4. The summed E-state index contributed by atoms with van der Waals surface area (Å²) in [5.74, 6) is -0.520. The van der Waals surface area contributed by atoms with Gasteiger partial charge >= 0.3 is 6.18 Å². The van der Waals surface area contributed by atoms with Gasteiger partial charge in [-0.3, -0.25) is 4.79 Å². The van der Waals surface area contributed by atoms with Gasteiger partial charge in [0.15, 0.2) is 5.01 Å². The molecule has 0 bridgehead atoms. The number of fused-ring (bicyclic) bond motifs is 1. The third-order valence-corrected chi connectivity index (χ3v) is 5.54. The van der Waals surface area contributed by atoms with Gasteiger partial charge in [-0.15, -0.1) is 11.3 Å². The molecule has 0 fully saturated rings. The number of carbonyl (C=O) groups excluding carboxylic acids is 1. The highest BCUT2D eigenvalue weighted by Crippen LogP contribution is 2.37. The molecular formula is C21H26F3N3OS. The van der Waals surface area contributed by atoms with Crippen LogP contribution in [-0.2, 0) is 23.9 Å². The predicted molar refractivity (Wildman–Crippen MR) is 110 cm³/mol. The second kappa shape index (κ2) is 7.63. The average molecular weight is 432 g/mol. The number of nitrogens with zero attached hydrogens (tertiary/aromatic N) is 2. The first-order valence-corrected chi connectivity index (χ1v) is 9.87. The summed E-state index contributed by atoms with van der Waals surface area (Å²) in [7, 11) is 0. The largest absolute Gasteiger partial charge is 0.443 e. The zero-order chi connectivity index (χ0) is 26.6. The van der Waals surface area contributed by atoms with E-state index in [1.807, 2.05) is 20.8 Å². The number of thiazole rings is 1. The average Bonchev–Trinajstić information content (AvgIpc) is 3.08. The van der Waals surface area contributed by atoms with Gasteiger partial charge in [0.1, 0.15) is 0 Å². The molecule has 2 heterocycles. The van der Waals surface area contributed by atoms with Gasteiger partial charge in [-0.05, 0) is 42.4 Å². The van der Waals surface area contributed by atoms with Crippen LogP contribution in [0.4, 0.5) is 24.5 Å². The number of alkyl halides is 3. The van der Waals surface area contributed by atoms with Crippen LogP contribution in [0.15, 0.2) is 12.1 Å². The molecule has 2 aromatic rings. The minimum atomic E-state index is -4.57. The van der Waals surface area contributed by atoms with E-state index < -0.39 is 36.2 Å². The standard InChI is InChI=1S/C21H26F3N3OS/c1-12-8-14(9-13(2)18(12)26-17(28)10-20(3,4)5)27-7-6-15-16(11-27)29-19(25-15)21(22,23)24/h8-9H,6-7,10-11H2,1-5H3,(H,26,28)/i1D3,2D3. The van der Waals surface area contributed by atoms with Gasteiger partial charge in [0.2, 0.25) is 5.91 Å². The minimum absolute atomic E-state index is 0.0275. The summed E-state index contributed by atoms with van der Waals surface area (Å²) in [6, 6.07) is 2.57. The molecule has 3 rings (SSSR count). The SMILES string of the molecule is [2H]C([2H])([2H])c1cc(N2CCc3nc(C(F)(F)F)sc3C2)cc(C([2H])([2H])[2H])c1NC(=O)CC(C)(C)C. The Kier molecular flexibility index (Phi) is 3.90. The highest BCUT2D eigenvalue weighted by Gasteiger charge is 2.37. The molecule has 1 amide bonds. The Balaban J connectivity index is 2.07. The lowest BCUT2D eigenvalue weighted by atomic mass is 9.92. The van der Waals surface area contributed by atoms with E-state index in [1.54, 1.807) is 4.90 Å². The number of anilines is 2. The molecular weight excluding hydrogens is 399 g/mol. The molecule has 0 saturated carbocycles. The molecule has 0 unspecified atom stereocenters. The first kappa shape index (κ1) is 14.8. The number of aromatic nitrogens is 1. The summed E-state index contributed by atoms with van der Waals surface area (Å²) < 4.78 is 87.2. The van der Waals surface area contributed by atoms with Crippen molar-refractivity contribution >= 4 is 28.6 Å². The van der Waals surface area contributed by atoms with Crippen LogP contribution in [0.5, 0.6) is 0 Å². The predicted octanol–water partition coefficient (Wildman–Crippen LogP) is 5.72. The van der Waals surface area contributed by atoms with Crippen LogP contribution < -0.4 is 10.2 Å². The Morgan fingerprint density at radius 3 is 2.48 bits per heavy atom. The van der Waals surface area contributed by atoms with E-state index in [1.165, 1.54) is 12.1 Å². The zero-order valence-corrected chi connectivity index (χ0v) is 17.1. The fourth-order valence-electron chi connectivity index (χ4n) is 3.15. The van der Waals surface area contributed by atoms with Gasteiger partial charge < -0.3 is 10.2 Å². The fourth-order valence-corrected chi connectivity index (χ4v) is 4.14. The van der Waals surface area contributed by atoms with Gasteiger partial charge in [-0.25, -0.2) is 4.98 Å². The van der Waals surface area contributed by atoms with Gasteiger partial charge in [-0.2, -0.15) is 13.2 Å². The lowest BCUT2D eigenvalue weighted by molar-refractivity contribution is -0.137. The van der Waals surface area contributed by atoms with Crippen molar-refractivity contribution in [3.8, 4) is 0 Å². The molecule has 1 aromatic heterocycles. The second-order valence-electron chi connectivity index (χ2n) is 8.26. The molecule has 1 N–H and O–H groups in total. The maximum atomic E-state index is 13.1. The normalized spacial score (nSPS) is 18.6. The quantitative estimate of drug-likeness (QED) is 0.676. The monoisotopic (exact) mass is 431 g/mol. The Morgan fingerprint density at radius 1 is 1.28 bits per heavy atom. The maximum absolute atomic E-state index is 13.1. The summed E-state index contributed by atoms with van der Waals surface area (Å²) in [6.45, 7) is 0.201. The van der Waals surface area contributed by atoms with Crippen LogP contribution in [0, 0.1) is 19.1 Å². The highest BCUT2D eigenvalue weighted by atomic mass is 32.1. The number of benzene rings is 1. The van der Waals surface area contributed by atoms with Gasteiger partial charge in [0.25, 0.3) is 0 Å². The topological polar surface area (TPSA) is 45.2 Å². The molecule has 0 atom stereocenters. The summed E-state index contributed by atoms with van der Waals surface area (Å²) in [5.41, 5.74) is -0.804. The second-order valence-corrected chi connectivity index (χ2v) is 9.34. The summed E-state index contributed by atoms with van der Waals surface area (Å²) >= 11 is 0.520. The summed E-state index contributed by atoms with van der Waals surface area (Å²) in [5, 5.41) is 1.55. The zero-order valence-electron chi connectivity index (χ0n) is 22.3.